The summed E-state index contributed by atoms with van der Waals surface area (Å²) in [5, 5.41) is 10.6. The Morgan fingerprint density at radius 3 is 2.26 bits per heavy atom. The molecular formula is C33H54O5. The Balaban J connectivity index is 1.31. The number of rotatable bonds is 7. The van der Waals surface area contributed by atoms with Crippen molar-refractivity contribution in [3.05, 3.63) is 0 Å². The van der Waals surface area contributed by atoms with Gasteiger partial charge in [0.2, 0.25) is 0 Å². The number of carbonyl (C=O) groups excluding carboxylic acids is 2. The fourth-order valence-electron chi connectivity index (χ4n) is 11.7. The van der Waals surface area contributed by atoms with Gasteiger partial charge in [-0.25, -0.2) is 0 Å². The van der Waals surface area contributed by atoms with Crippen LogP contribution in [0.4, 0.5) is 0 Å². The predicted molar refractivity (Wildman–Crippen MR) is 148 cm³/mol. The van der Waals surface area contributed by atoms with Gasteiger partial charge in [-0.05, 0) is 136 Å². The van der Waals surface area contributed by atoms with Crippen molar-refractivity contribution in [3.8, 4) is 0 Å². The number of aliphatic hydroxyl groups is 1. The summed E-state index contributed by atoms with van der Waals surface area (Å²) in [5.74, 6) is 2.78. The number of fused-ring (bicyclic) bond motifs is 2. The number of ether oxygens (including phenoxy) is 2. The third kappa shape index (κ3) is 4.02. The van der Waals surface area contributed by atoms with E-state index in [4.69, 9.17) is 9.47 Å². The lowest BCUT2D eigenvalue weighted by Crippen LogP contribution is -2.56. The van der Waals surface area contributed by atoms with Gasteiger partial charge >= 0.3 is 11.9 Å². The molecule has 5 heteroatoms. The molecule has 2 spiro atoms. The summed E-state index contributed by atoms with van der Waals surface area (Å²) in [7, 11) is 0. The van der Waals surface area contributed by atoms with Crippen molar-refractivity contribution in [1.82, 2.24) is 0 Å². The minimum atomic E-state index is -1.03. The molecule has 1 N–H and O–H groups in total. The van der Waals surface area contributed by atoms with E-state index in [1.54, 1.807) is 20.8 Å². The summed E-state index contributed by atoms with van der Waals surface area (Å²) in [6.45, 7) is 16.6. The van der Waals surface area contributed by atoms with Crippen molar-refractivity contribution in [2.24, 2.45) is 51.2 Å². The molecule has 5 saturated carbocycles. The van der Waals surface area contributed by atoms with Crippen LogP contribution in [0.2, 0.25) is 0 Å². The Morgan fingerprint density at radius 2 is 1.63 bits per heavy atom. The van der Waals surface area contributed by atoms with E-state index in [-0.39, 0.29) is 18.0 Å². The molecule has 216 valence electrons. The summed E-state index contributed by atoms with van der Waals surface area (Å²) in [5.41, 5.74) is 0.690. The van der Waals surface area contributed by atoms with Crippen molar-refractivity contribution < 1.29 is 24.2 Å². The molecule has 5 fully saturated rings. The van der Waals surface area contributed by atoms with Gasteiger partial charge in [0.15, 0.2) is 0 Å². The molecule has 0 bridgehead atoms. The van der Waals surface area contributed by atoms with E-state index < -0.39 is 11.7 Å². The van der Waals surface area contributed by atoms with Crippen molar-refractivity contribution >= 4 is 11.9 Å². The lowest BCUT2D eigenvalue weighted by molar-refractivity contribution is -0.165. The molecule has 11 atom stereocenters. The van der Waals surface area contributed by atoms with Crippen LogP contribution in [0.15, 0.2) is 0 Å². The Bertz CT molecular complexity index is 954. The quantitative estimate of drug-likeness (QED) is 0.356. The fraction of sp³-hybridized carbons (Fsp3) is 0.939. The number of carbonyl (C=O) groups is 2. The molecule has 5 aliphatic rings. The topological polar surface area (TPSA) is 72.8 Å². The van der Waals surface area contributed by atoms with Gasteiger partial charge in [0.1, 0.15) is 12.2 Å². The second-order valence-corrected chi connectivity index (χ2v) is 15.6. The second kappa shape index (κ2) is 9.21. The summed E-state index contributed by atoms with van der Waals surface area (Å²) < 4.78 is 11.3. The van der Waals surface area contributed by atoms with Gasteiger partial charge in [-0.2, -0.15) is 0 Å². The van der Waals surface area contributed by atoms with Crippen LogP contribution in [0.3, 0.4) is 0 Å². The zero-order valence-electron chi connectivity index (χ0n) is 25.4. The highest BCUT2D eigenvalue weighted by atomic mass is 16.6. The third-order valence-corrected chi connectivity index (χ3v) is 13.7. The molecular weight excluding hydrogens is 476 g/mol. The number of hydrogen-bond donors (Lipinski definition) is 1. The molecule has 38 heavy (non-hydrogen) atoms. The first kappa shape index (κ1) is 28.4. The maximum absolute atomic E-state index is 11.7. The Hall–Kier alpha value is -1.10. The average molecular weight is 531 g/mol. The van der Waals surface area contributed by atoms with Gasteiger partial charge in [-0.15, -0.1) is 0 Å². The van der Waals surface area contributed by atoms with Crippen molar-refractivity contribution in [2.75, 3.05) is 0 Å². The van der Waals surface area contributed by atoms with Gasteiger partial charge in [0, 0.05) is 13.8 Å². The summed E-state index contributed by atoms with van der Waals surface area (Å²) >= 11 is 0. The van der Waals surface area contributed by atoms with Crippen LogP contribution in [0.5, 0.6) is 0 Å². The zero-order chi connectivity index (χ0) is 27.9. The first-order valence-electron chi connectivity index (χ1n) is 15.7. The highest BCUT2D eigenvalue weighted by Gasteiger charge is 2.81. The Kier molecular flexibility index (Phi) is 6.89. The number of esters is 2. The minimum absolute atomic E-state index is 0.109. The third-order valence-electron chi connectivity index (χ3n) is 13.7. The van der Waals surface area contributed by atoms with Crippen LogP contribution in [0.1, 0.15) is 126 Å². The highest BCUT2D eigenvalue weighted by Crippen LogP contribution is 2.88. The van der Waals surface area contributed by atoms with E-state index in [2.05, 4.69) is 27.7 Å². The maximum atomic E-state index is 11.7. The Morgan fingerprint density at radius 1 is 0.921 bits per heavy atom. The molecule has 0 radical (unpaired) electrons. The molecule has 1 unspecified atom stereocenters. The normalized spacial score (nSPS) is 47.0. The van der Waals surface area contributed by atoms with Crippen LogP contribution in [0.25, 0.3) is 0 Å². The van der Waals surface area contributed by atoms with Gasteiger partial charge in [0.05, 0.1) is 5.60 Å². The zero-order valence-corrected chi connectivity index (χ0v) is 25.4. The van der Waals surface area contributed by atoms with Crippen molar-refractivity contribution in [3.63, 3.8) is 0 Å². The molecule has 0 heterocycles. The van der Waals surface area contributed by atoms with Gasteiger partial charge in [-0.3, -0.25) is 9.59 Å². The Labute approximate surface area is 231 Å². The first-order chi connectivity index (χ1) is 17.6. The minimum Gasteiger partial charge on any atom is -0.462 e. The van der Waals surface area contributed by atoms with Crippen LogP contribution >= 0.6 is 0 Å². The van der Waals surface area contributed by atoms with Crippen LogP contribution in [-0.2, 0) is 19.1 Å². The predicted octanol–water partition coefficient (Wildman–Crippen LogP) is 7.09. The molecule has 5 nitrogen and oxygen atoms in total. The summed E-state index contributed by atoms with van der Waals surface area (Å²) in [4.78, 5) is 23.4. The average Bonchev–Trinajstić information content (AvgIpc) is 3.39. The number of hydrogen-bond acceptors (Lipinski definition) is 5. The van der Waals surface area contributed by atoms with E-state index in [0.29, 0.717) is 51.8 Å². The highest BCUT2D eigenvalue weighted by molar-refractivity contribution is 5.66. The van der Waals surface area contributed by atoms with Crippen molar-refractivity contribution in [1.29, 1.82) is 0 Å². The van der Waals surface area contributed by atoms with Crippen LogP contribution in [0, 0.1) is 51.2 Å². The van der Waals surface area contributed by atoms with E-state index >= 15 is 0 Å². The van der Waals surface area contributed by atoms with E-state index in [1.807, 2.05) is 0 Å². The van der Waals surface area contributed by atoms with Gasteiger partial charge < -0.3 is 14.6 Å². The monoisotopic (exact) mass is 530 g/mol. The van der Waals surface area contributed by atoms with Gasteiger partial charge in [-0.1, -0.05) is 27.7 Å². The molecule has 5 rings (SSSR count). The van der Waals surface area contributed by atoms with Crippen LogP contribution < -0.4 is 0 Å². The smallest absolute Gasteiger partial charge is 0.303 e. The molecule has 0 aliphatic heterocycles. The largest absolute Gasteiger partial charge is 0.462 e. The molecule has 0 amide bonds. The molecule has 5 aliphatic carbocycles. The molecule has 0 aromatic rings. The standard InChI is InChI=1S/C33H54O5/c1-20(9-12-28(29(5,6)36)38-23(4)35)24-13-15-31(8)27-11-10-25-21(2)26(37-22(3)34)14-16-32(25)19-33(27,32)18-17-30(24,31)7/h20-21,24-28,36H,9-19H2,1-8H3/t20-,21+,24-,25+,26+,27+,28?,30-,31+,32-,33+/m1/s1. The van der Waals surface area contributed by atoms with Crippen LogP contribution in [-0.4, -0.2) is 34.9 Å². The van der Waals surface area contributed by atoms with E-state index in [9.17, 15) is 14.7 Å². The van der Waals surface area contributed by atoms with Gasteiger partial charge in [0.25, 0.3) is 0 Å². The molecule has 0 aromatic carbocycles. The fourth-order valence-corrected chi connectivity index (χ4v) is 11.7. The van der Waals surface area contributed by atoms with E-state index in [0.717, 1.165) is 18.8 Å². The molecule has 0 saturated heterocycles. The lowest BCUT2D eigenvalue weighted by Gasteiger charge is -2.62. The summed E-state index contributed by atoms with van der Waals surface area (Å²) in [6.07, 6.45) is 13.0. The van der Waals surface area contributed by atoms with Crippen molar-refractivity contribution in [2.45, 2.75) is 144 Å². The SMILES string of the molecule is CC(=O)OC(CC[C@@H](C)[C@H]1CC[C@@]2(C)[C@@H]3CC[C@H]4[C@H](C)[C@@H](OC(C)=O)CC[C@@]45C[C@@]35CC[C@]12C)C(C)(C)O. The maximum Gasteiger partial charge on any atom is 0.303 e. The second-order valence-electron chi connectivity index (χ2n) is 15.6. The molecule has 0 aromatic heterocycles. The summed E-state index contributed by atoms with van der Waals surface area (Å²) in [6, 6.07) is 0. The lowest BCUT2D eigenvalue weighted by atomic mass is 9.43. The van der Waals surface area contributed by atoms with E-state index in [1.165, 1.54) is 58.3 Å². The first-order valence-corrected chi connectivity index (χ1v) is 15.7.